The summed E-state index contributed by atoms with van der Waals surface area (Å²) in [6.07, 6.45) is 0. The number of hydrogen-bond donors (Lipinski definition) is 0. The van der Waals surface area contributed by atoms with E-state index in [1.807, 2.05) is 7.05 Å². The average molecular weight is 148 g/mol. The van der Waals surface area contributed by atoms with E-state index in [0.29, 0.717) is 0 Å². The minimum Gasteiger partial charge on any atom is -0.661 e. The summed E-state index contributed by atoms with van der Waals surface area (Å²) in [6.45, 7) is 5.07. The zero-order chi connectivity index (χ0) is 8.27. The molecule has 0 spiro atoms. The highest BCUT2D eigenvalue weighted by Crippen LogP contribution is 2.10. The van der Waals surface area contributed by atoms with E-state index in [0.717, 1.165) is 6.54 Å². The molecule has 1 rings (SSSR count). The summed E-state index contributed by atoms with van der Waals surface area (Å²) in [4.78, 5) is 0. The van der Waals surface area contributed by atoms with Crippen LogP contribution in [-0.4, -0.2) is 7.05 Å². The zero-order valence-corrected chi connectivity index (χ0v) is 7.39. The van der Waals surface area contributed by atoms with Crippen LogP contribution in [-0.2, 0) is 6.54 Å². The Morgan fingerprint density at radius 3 is 2.09 bits per heavy atom. The molecule has 0 saturated carbocycles. The number of rotatable bonds is 2. The van der Waals surface area contributed by atoms with Gasteiger partial charge in [-0.25, -0.2) is 0 Å². The van der Waals surface area contributed by atoms with Crippen molar-refractivity contribution >= 4 is 0 Å². The molecule has 0 bridgehead atoms. The minimum atomic E-state index is 0.836. The summed E-state index contributed by atoms with van der Waals surface area (Å²) in [5.74, 6) is 0. The fraction of sp³-hybridized carbons (Fsp3) is 0.400. The molecule has 0 amide bonds. The molecule has 1 heteroatoms. The number of benzene rings is 1. The van der Waals surface area contributed by atoms with E-state index >= 15 is 0 Å². The fourth-order valence-electron chi connectivity index (χ4n) is 1.34. The molecule has 0 saturated heterocycles. The van der Waals surface area contributed by atoms with Gasteiger partial charge in [-0.2, -0.15) is 7.05 Å². The molecular formula is C10H14N-. The van der Waals surface area contributed by atoms with Gasteiger partial charge in [0.25, 0.3) is 0 Å². The molecule has 0 radical (unpaired) electrons. The van der Waals surface area contributed by atoms with Crippen molar-refractivity contribution in [1.29, 1.82) is 0 Å². The quantitative estimate of drug-likeness (QED) is 0.612. The molecule has 0 aromatic heterocycles. The molecule has 0 aliphatic heterocycles. The lowest BCUT2D eigenvalue weighted by Crippen LogP contribution is -1.85. The van der Waals surface area contributed by atoms with Crippen LogP contribution >= 0.6 is 0 Å². The molecule has 0 fully saturated rings. The Morgan fingerprint density at radius 2 is 1.64 bits per heavy atom. The van der Waals surface area contributed by atoms with Crippen molar-refractivity contribution in [1.82, 2.24) is 0 Å². The molecule has 0 heterocycles. The van der Waals surface area contributed by atoms with E-state index < -0.39 is 0 Å². The second kappa shape index (κ2) is 3.54. The Labute approximate surface area is 68.4 Å². The largest absolute Gasteiger partial charge is 0.661 e. The first-order chi connectivity index (χ1) is 5.22. The normalized spacial score (nSPS) is 10.1. The van der Waals surface area contributed by atoms with Crippen molar-refractivity contribution in [3.63, 3.8) is 0 Å². The molecule has 0 aliphatic rings. The van der Waals surface area contributed by atoms with E-state index in [1.165, 1.54) is 16.7 Å². The van der Waals surface area contributed by atoms with Gasteiger partial charge in [-0.3, -0.25) is 0 Å². The van der Waals surface area contributed by atoms with Gasteiger partial charge in [0.15, 0.2) is 0 Å². The predicted molar refractivity (Wildman–Crippen MR) is 48.9 cm³/mol. The van der Waals surface area contributed by atoms with Crippen LogP contribution in [0.2, 0.25) is 0 Å². The Hall–Kier alpha value is -0.820. The Morgan fingerprint density at radius 1 is 1.09 bits per heavy atom. The van der Waals surface area contributed by atoms with E-state index in [9.17, 15) is 0 Å². The molecule has 1 nitrogen and oxygen atoms in total. The molecule has 1 aromatic rings. The van der Waals surface area contributed by atoms with Crippen LogP contribution in [0.1, 0.15) is 16.7 Å². The number of hydrogen-bond acceptors (Lipinski definition) is 0. The van der Waals surface area contributed by atoms with Crippen LogP contribution in [0.3, 0.4) is 0 Å². The zero-order valence-electron chi connectivity index (χ0n) is 7.39. The molecule has 1 aromatic carbocycles. The molecule has 11 heavy (non-hydrogen) atoms. The first-order valence-electron chi connectivity index (χ1n) is 3.85. The Kier molecular flexibility index (Phi) is 2.66. The van der Waals surface area contributed by atoms with Crippen LogP contribution in [0.4, 0.5) is 0 Å². The summed E-state index contributed by atoms with van der Waals surface area (Å²) in [5, 5.41) is 4.09. The second-order valence-corrected chi connectivity index (χ2v) is 2.97. The van der Waals surface area contributed by atoms with Gasteiger partial charge in [0.2, 0.25) is 0 Å². The molecule has 0 N–H and O–H groups in total. The van der Waals surface area contributed by atoms with Crippen molar-refractivity contribution < 1.29 is 0 Å². The van der Waals surface area contributed by atoms with Crippen LogP contribution in [0.25, 0.3) is 5.32 Å². The standard InChI is InChI=1S/C10H14N/c1-8-4-9(2)6-10(5-8)7-11-3/h4-6H,7H2,1-3H3/q-1. The van der Waals surface area contributed by atoms with Gasteiger partial charge in [0.1, 0.15) is 0 Å². The summed E-state index contributed by atoms with van der Waals surface area (Å²) in [5.41, 5.74) is 3.96. The maximum absolute atomic E-state index is 4.09. The number of aryl methyl sites for hydroxylation is 2. The van der Waals surface area contributed by atoms with Gasteiger partial charge < -0.3 is 5.32 Å². The third kappa shape index (κ3) is 2.35. The van der Waals surface area contributed by atoms with Crippen molar-refractivity contribution in [2.75, 3.05) is 7.05 Å². The fourth-order valence-corrected chi connectivity index (χ4v) is 1.34. The minimum absolute atomic E-state index is 0.836. The van der Waals surface area contributed by atoms with Gasteiger partial charge >= 0.3 is 0 Å². The maximum Gasteiger partial charge on any atom is -0.0398 e. The van der Waals surface area contributed by atoms with Crippen LogP contribution < -0.4 is 0 Å². The molecule has 0 aliphatic carbocycles. The van der Waals surface area contributed by atoms with Gasteiger partial charge in [0, 0.05) is 0 Å². The van der Waals surface area contributed by atoms with Crippen LogP contribution in [0.5, 0.6) is 0 Å². The van der Waals surface area contributed by atoms with Crippen molar-refractivity contribution in [3.8, 4) is 0 Å². The van der Waals surface area contributed by atoms with Gasteiger partial charge in [-0.15, -0.1) is 6.54 Å². The summed E-state index contributed by atoms with van der Waals surface area (Å²) in [7, 11) is 1.84. The van der Waals surface area contributed by atoms with Gasteiger partial charge in [-0.05, 0) is 13.8 Å². The molecular weight excluding hydrogens is 134 g/mol. The van der Waals surface area contributed by atoms with Crippen molar-refractivity contribution in [2.45, 2.75) is 20.4 Å². The third-order valence-corrected chi connectivity index (χ3v) is 1.62. The molecule has 0 atom stereocenters. The Bertz CT molecular complexity index is 220. The first kappa shape index (κ1) is 8.28. The van der Waals surface area contributed by atoms with E-state index in [-0.39, 0.29) is 0 Å². The van der Waals surface area contributed by atoms with E-state index in [1.54, 1.807) is 0 Å². The second-order valence-electron chi connectivity index (χ2n) is 2.97. The average Bonchev–Trinajstić information content (AvgIpc) is 1.85. The van der Waals surface area contributed by atoms with Crippen molar-refractivity contribution in [3.05, 3.63) is 40.2 Å². The van der Waals surface area contributed by atoms with E-state index in [4.69, 9.17) is 0 Å². The van der Waals surface area contributed by atoms with E-state index in [2.05, 4.69) is 37.4 Å². The lowest BCUT2D eigenvalue weighted by Gasteiger charge is -2.12. The first-order valence-corrected chi connectivity index (χ1v) is 3.85. The Balaban J connectivity index is 2.89. The lowest BCUT2D eigenvalue weighted by atomic mass is 10.1. The van der Waals surface area contributed by atoms with Crippen LogP contribution in [0, 0.1) is 13.8 Å². The highest BCUT2D eigenvalue weighted by atomic mass is 14.8. The van der Waals surface area contributed by atoms with Gasteiger partial charge in [-0.1, -0.05) is 34.9 Å². The highest BCUT2D eigenvalue weighted by Gasteiger charge is 1.89. The topological polar surface area (TPSA) is 14.1 Å². The van der Waals surface area contributed by atoms with Crippen molar-refractivity contribution in [2.24, 2.45) is 0 Å². The third-order valence-electron chi connectivity index (χ3n) is 1.62. The maximum atomic E-state index is 4.09. The summed E-state index contributed by atoms with van der Waals surface area (Å²) >= 11 is 0. The highest BCUT2D eigenvalue weighted by molar-refractivity contribution is 5.29. The monoisotopic (exact) mass is 148 g/mol. The smallest absolute Gasteiger partial charge is 0.0398 e. The SMILES string of the molecule is C[N-]Cc1cc(C)cc(C)c1. The lowest BCUT2D eigenvalue weighted by molar-refractivity contribution is 1.16. The predicted octanol–water partition coefficient (Wildman–Crippen LogP) is 2.81. The number of nitrogens with zero attached hydrogens (tertiary/aromatic N) is 1. The molecule has 0 unspecified atom stereocenters. The van der Waals surface area contributed by atoms with Gasteiger partial charge in [0.05, 0.1) is 0 Å². The van der Waals surface area contributed by atoms with Crippen LogP contribution in [0.15, 0.2) is 18.2 Å². The molecule has 60 valence electrons. The summed E-state index contributed by atoms with van der Waals surface area (Å²) in [6, 6.07) is 6.54. The summed E-state index contributed by atoms with van der Waals surface area (Å²) < 4.78 is 0.